The first-order valence-electron chi connectivity index (χ1n) is 5.53. The summed E-state index contributed by atoms with van der Waals surface area (Å²) in [4.78, 5) is 8.08. The number of aromatic nitrogens is 4. The van der Waals surface area contributed by atoms with Crippen molar-refractivity contribution in [1.82, 2.24) is 20.2 Å². The van der Waals surface area contributed by atoms with Crippen LogP contribution in [-0.4, -0.2) is 20.2 Å². The second kappa shape index (κ2) is 4.86. The van der Waals surface area contributed by atoms with Gasteiger partial charge in [-0.25, -0.2) is 4.98 Å². The number of nitrogens with zero attached hydrogens (tertiary/aromatic N) is 4. The third-order valence-electron chi connectivity index (χ3n) is 2.38. The van der Waals surface area contributed by atoms with Crippen LogP contribution in [0.1, 0.15) is 26.3 Å². The van der Waals surface area contributed by atoms with E-state index in [9.17, 15) is 0 Å². The first kappa shape index (κ1) is 12.7. The zero-order chi connectivity index (χ0) is 13.2. The Kier molecular flexibility index (Phi) is 3.43. The van der Waals surface area contributed by atoms with Crippen LogP contribution >= 0.6 is 11.6 Å². The molecule has 94 valence electrons. The van der Waals surface area contributed by atoms with Gasteiger partial charge in [0, 0.05) is 18.0 Å². The highest BCUT2D eigenvalue weighted by atomic mass is 35.5. The Morgan fingerprint density at radius 3 is 2.50 bits per heavy atom. The van der Waals surface area contributed by atoms with E-state index in [0.29, 0.717) is 16.8 Å². The zero-order valence-electron chi connectivity index (χ0n) is 10.5. The molecule has 18 heavy (non-hydrogen) atoms. The van der Waals surface area contributed by atoms with Crippen molar-refractivity contribution in [3.05, 3.63) is 35.4 Å². The Morgan fingerprint density at radius 2 is 1.89 bits per heavy atom. The highest BCUT2D eigenvalue weighted by molar-refractivity contribution is 6.30. The molecule has 0 aromatic carbocycles. The zero-order valence-corrected chi connectivity index (χ0v) is 11.2. The lowest BCUT2D eigenvalue weighted by molar-refractivity contribution is 0.585. The SMILES string of the molecule is CC(C)(C)c1cc(Nc2cnccn2)nnc1Cl. The quantitative estimate of drug-likeness (QED) is 0.902. The molecular weight excluding hydrogens is 250 g/mol. The van der Waals surface area contributed by atoms with Crippen molar-refractivity contribution >= 4 is 23.2 Å². The summed E-state index contributed by atoms with van der Waals surface area (Å²) in [5, 5.41) is 11.4. The van der Waals surface area contributed by atoms with Crippen LogP contribution in [0.25, 0.3) is 0 Å². The molecule has 2 heterocycles. The smallest absolute Gasteiger partial charge is 0.155 e. The molecule has 2 aromatic heterocycles. The van der Waals surface area contributed by atoms with Gasteiger partial charge >= 0.3 is 0 Å². The topological polar surface area (TPSA) is 63.6 Å². The Hall–Kier alpha value is -1.75. The summed E-state index contributed by atoms with van der Waals surface area (Å²) in [5.74, 6) is 1.22. The van der Waals surface area contributed by atoms with Crippen molar-refractivity contribution in [2.75, 3.05) is 5.32 Å². The highest BCUT2D eigenvalue weighted by Gasteiger charge is 2.19. The fourth-order valence-corrected chi connectivity index (χ4v) is 1.83. The van der Waals surface area contributed by atoms with E-state index in [0.717, 1.165) is 5.56 Å². The van der Waals surface area contributed by atoms with E-state index >= 15 is 0 Å². The average molecular weight is 264 g/mol. The molecule has 0 aliphatic heterocycles. The molecule has 0 amide bonds. The molecule has 6 heteroatoms. The number of nitrogens with one attached hydrogen (secondary N) is 1. The first-order valence-corrected chi connectivity index (χ1v) is 5.91. The summed E-state index contributed by atoms with van der Waals surface area (Å²) >= 11 is 6.05. The molecule has 0 aliphatic rings. The molecule has 2 aromatic rings. The summed E-state index contributed by atoms with van der Waals surface area (Å²) < 4.78 is 0. The number of hydrogen-bond donors (Lipinski definition) is 1. The largest absolute Gasteiger partial charge is 0.322 e. The third-order valence-corrected chi connectivity index (χ3v) is 2.66. The Balaban J connectivity index is 2.31. The lowest BCUT2D eigenvalue weighted by Crippen LogP contribution is -2.14. The molecular formula is C12H14ClN5. The molecule has 0 spiro atoms. The summed E-state index contributed by atoms with van der Waals surface area (Å²) in [5.41, 5.74) is 0.844. The van der Waals surface area contributed by atoms with Crippen molar-refractivity contribution < 1.29 is 0 Å². The van der Waals surface area contributed by atoms with Gasteiger partial charge in [0.1, 0.15) is 5.82 Å². The van der Waals surface area contributed by atoms with Crippen molar-refractivity contribution in [3.63, 3.8) is 0 Å². The van der Waals surface area contributed by atoms with E-state index in [1.807, 2.05) is 6.07 Å². The van der Waals surface area contributed by atoms with Gasteiger partial charge in [-0.15, -0.1) is 10.2 Å². The molecule has 2 rings (SSSR count). The van der Waals surface area contributed by atoms with Gasteiger partial charge in [0.05, 0.1) is 6.20 Å². The lowest BCUT2D eigenvalue weighted by Gasteiger charge is -2.20. The molecule has 0 bridgehead atoms. The van der Waals surface area contributed by atoms with Crippen LogP contribution in [0.4, 0.5) is 11.6 Å². The van der Waals surface area contributed by atoms with E-state index in [1.54, 1.807) is 18.6 Å². The maximum Gasteiger partial charge on any atom is 0.155 e. The van der Waals surface area contributed by atoms with Gasteiger partial charge in [-0.05, 0) is 11.5 Å². The van der Waals surface area contributed by atoms with Crippen LogP contribution < -0.4 is 5.32 Å². The number of halogens is 1. The lowest BCUT2D eigenvalue weighted by atomic mass is 9.88. The molecule has 0 saturated carbocycles. The second-order valence-corrected chi connectivity index (χ2v) is 5.26. The van der Waals surface area contributed by atoms with Gasteiger partial charge in [0.15, 0.2) is 11.0 Å². The molecule has 0 unspecified atom stereocenters. The van der Waals surface area contributed by atoms with Crippen LogP contribution in [0.3, 0.4) is 0 Å². The Morgan fingerprint density at radius 1 is 1.11 bits per heavy atom. The van der Waals surface area contributed by atoms with Crippen molar-refractivity contribution in [2.45, 2.75) is 26.2 Å². The molecule has 0 aliphatic carbocycles. The van der Waals surface area contributed by atoms with Crippen LogP contribution in [0.5, 0.6) is 0 Å². The van der Waals surface area contributed by atoms with Crippen molar-refractivity contribution in [2.24, 2.45) is 0 Å². The van der Waals surface area contributed by atoms with Gasteiger partial charge in [0.25, 0.3) is 0 Å². The summed E-state index contributed by atoms with van der Waals surface area (Å²) in [7, 11) is 0. The minimum Gasteiger partial charge on any atom is -0.322 e. The minimum atomic E-state index is -0.0914. The standard InChI is InChI=1S/C12H14ClN5/c1-12(2,3)8-6-9(17-18-11(8)13)16-10-7-14-4-5-15-10/h4-7H,1-3H3,(H,15,16,17). The van der Waals surface area contributed by atoms with Crippen LogP contribution in [0, 0.1) is 0 Å². The van der Waals surface area contributed by atoms with E-state index in [1.165, 1.54) is 0 Å². The summed E-state index contributed by atoms with van der Waals surface area (Å²) in [6.07, 6.45) is 4.84. The Bertz CT molecular complexity index is 536. The van der Waals surface area contributed by atoms with Crippen molar-refractivity contribution in [3.8, 4) is 0 Å². The molecule has 1 N–H and O–H groups in total. The monoisotopic (exact) mass is 263 g/mol. The van der Waals surface area contributed by atoms with Crippen LogP contribution in [0.15, 0.2) is 24.7 Å². The Labute approximate surface area is 111 Å². The van der Waals surface area contributed by atoms with E-state index in [2.05, 4.69) is 46.3 Å². The molecule has 0 fully saturated rings. The molecule has 0 saturated heterocycles. The second-order valence-electron chi connectivity index (χ2n) is 4.90. The van der Waals surface area contributed by atoms with Crippen LogP contribution in [-0.2, 0) is 5.41 Å². The third kappa shape index (κ3) is 2.92. The number of rotatable bonds is 2. The predicted octanol–water partition coefficient (Wildman–Crippen LogP) is 2.96. The highest BCUT2D eigenvalue weighted by Crippen LogP contribution is 2.29. The van der Waals surface area contributed by atoms with Crippen LogP contribution in [0.2, 0.25) is 5.15 Å². The molecule has 5 nitrogen and oxygen atoms in total. The maximum atomic E-state index is 6.05. The summed E-state index contributed by atoms with van der Waals surface area (Å²) in [6, 6.07) is 1.88. The molecule has 0 radical (unpaired) electrons. The van der Waals surface area contributed by atoms with Crippen molar-refractivity contribution in [1.29, 1.82) is 0 Å². The predicted molar refractivity (Wildman–Crippen MR) is 71.1 cm³/mol. The normalized spacial score (nSPS) is 11.3. The first-order chi connectivity index (χ1) is 8.47. The maximum absolute atomic E-state index is 6.05. The number of anilines is 2. The fraction of sp³-hybridized carbons (Fsp3) is 0.333. The number of hydrogen-bond acceptors (Lipinski definition) is 5. The van der Waals surface area contributed by atoms with Gasteiger partial charge < -0.3 is 5.32 Å². The molecule has 0 atom stereocenters. The summed E-state index contributed by atoms with van der Waals surface area (Å²) in [6.45, 7) is 6.21. The average Bonchev–Trinajstić information content (AvgIpc) is 2.31. The fourth-order valence-electron chi connectivity index (χ4n) is 1.46. The van der Waals surface area contributed by atoms with Gasteiger partial charge in [0.2, 0.25) is 0 Å². The van der Waals surface area contributed by atoms with Gasteiger partial charge in [-0.1, -0.05) is 32.4 Å². The minimum absolute atomic E-state index is 0.0914. The van der Waals surface area contributed by atoms with E-state index in [4.69, 9.17) is 11.6 Å². The van der Waals surface area contributed by atoms with E-state index < -0.39 is 0 Å². The van der Waals surface area contributed by atoms with E-state index in [-0.39, 0.29) is 5.41 Å². The van der Waals surface area contributed by atoms with Gasteiger partial charge in [-0.3, -0.25) is 4.98 Å². The van der Waals surface area contributed by atoms with Gasteiger partial charge in [-0.2, -0.15) is 0 Å².